The normalized spacial score (nSPS) is 21.3. The lowest BCUT2D eigenvalue weighted by atomic mass is 9.85. The van der Waals surface area contributed by atoms with Crippen molar-refractivity contribution in [3.05, 3.63) is 35.4 Å². The van der Waals surface area contributed by atoms with Crippen LogP contribution in [0.25, 0.3) is 22.4 Å². The van der Waals surface area contributed by atoms with Gasteiger partial charge in [-0.3, -0.25) is 4.79 Å². The van der Waals surface area contributed by atoms with Gasteiger partial charge in [-0.1, -0.05) is 23.7 Å². The molecule has 1 saturated carbocycles. The van der Waals surface area contributed by atoms with Crippen molar-refractivity contribution in [3.63, 3.8) is 0 Å². The fourth-order valence-corrected chi connectivity index (χ4v) is 4.92. The van der Waals surface area contributed by atoms with E-state index >= 15 is 0 Å². The zero-order chi connectivity index (χ0) is 22.8. The van der Waals surface area contributed by atoms with Gasteiger partial charge in [0.05, 0.1) is 29.4 Å². The first-order valence-electron chi connectivity index (χ1n) is 11.4. The van der Waals surface area contributed by atoms with Crippen LogP contribution in [0.2, 0.25) is 5.02 Å². The van der Waals surface area contributed by atoms with Crippen LogP contribution in [0.5, 0.6) is 6.01 Å². The molecule has 5 rings (SSSR count). The molecule has 0 bridgehead atoms. The van der Waals surface area contributed by atoms with Crippen molar-refractivity contribution in [1.29, 1.82) is 0 Å². The Morgan fingerprint density at radius 2 is 1.88 bits per heavy atom. The summed E-state index contributed by atoms with van der Waals surface area (Å²) in [5.41, 5.74) is 4.06. The Hall–Kier alpha value is -2.84. The third-order valence-corrected chi connectivity index (χ3v) is 6.75. The van der Waals surface area contributed by atoms with Gasteiger partial charge in [-0.25, -0.2) is 4.98 Å². The summed E-state index contributed by atoms with van der Waals surface area (Å²) in [5.74, 6) is -0.498. The quantitative estimate of drug-likeness (QED) is 0.545. The molecule has 1 saturated heterocycles. The van der Waals surface area contributed by atoms with Crippen LogP contribution in [0.4, 0.5) is 5.69 Å². The van der Waals surface area contributed by atoms with E-state index in [4.69, 9.17) is 31.2 Å². The maximum Gasteiger partial charge on any atom is 0.303 e. The van der Waals surface area contributed by atoms with Gasteiger partial charge in [-0.15, -0.1) is 0 Å². The number of carboxylic acid groups (broad SMARTS) is 1. The Bertz CT molecular complexity index is 1120. The summed E-state index contributed by atoms with van der Waals surface area (Å²) in [4.78, 5) is 25.6. The maximum absolute atomic E-state index is 10.9. The van der Waals surface area contributed by atoms with E-state index in [1.54, 1.807) is 0 Å². The lowest BCUT2D eigenvalue weighted by molar-refractivity contribution is -0.138. The van der Waals surface area contributed by atoms with Crippen LogP contribution in [0.3, 0.4) is 0 Å². The molecule has 0 amide bonds. The molecule has 0 atom stereocenters. The average Bonchev–Trinajstić information content (AvgIpc) is 3.21. The number of imidazole rings is 1. The molecular formula is C24H27ClN4O4. The van der Waals surface area contributed by atoms with Crippen molar-refractivity contribution >= 4 is 34.4 Å². The van der Waals surface area contributed by atoms with E-state index in [0.717, 1.165) is 68.8 Å². The third kappa shape index (κ3) is 5.07. The number of halogens is 1. The van der Waals surface area contributed by atoms with Crippen LogP contribution < -0.4 is 9.64 Å². The summed E-state index contributed by atoms with van der Waals surface area (Å²) < 4.78 is 11.5. The zero-order valence-corrected chi connectivity index (χ0v) is 19.1. The van der Waals surface area contributed by atoms with Crippen LogP contribution in [0.15, 0.2) is 30.3 Å². The minimum atomic E-state index is -0.730. The van der Waals surface area contributed by atoms with Gasteiger partial charge in [0.15, 0.2) is 5.65 Å². The molecule has 174 valence electrons. The molecule has 0 radical (unpaired) electrons. The molecule has 33 heavy (non-hydrogen) atoms. The number of pyridine rings is 1. The van der Waals surface area contributed by atoms with Gasteiger partial charge in [0.25, 0.3) is 6.01 Å². The summed E-state index contributed by atoms with van der Waals surface area (Å²) in [6, 6.07) is 10.5. The molecule has 3 aromatic rings. The Morgan fingerprint density at radius 1 is 1.15 bits per heavy atom. The summed E-state index contributed by atoms with van der Waals surface area (Å²) in [5, 5.41) is 9.52. The van der Waals surface area contributed by atoms with Crippen LogP contribution >= 0.6 is 11.6 Å². The number of benzene rings is 1. The Labute approximate surface area is 196 Å². The van der Waals surface area contributed by atoms with Crippen LogP contribution in [0.1, 0.15) is 32.1 Å². The molecular weight excluding hydrogens is 444 g/mol. The number of nitrogens with one attached hydrogen (secondary N) is 1. The number of H-pyrrole nitrogens is 1. The molecule has 2 N–H and O–H groups in total. The standard InChI is InChI=1S/C24H27ClN4O4/c25-19-14-20-23(28-24(26-20)33-18-7-1-15(2-8-18)13-21(30)31)27-22(19)16-3-5-17(6-4-16)29-9-11-32-12-10-29/h3-6,14-15,18H,1-2,7-13H2,(H,30,31)(H,26,27,28)/t15-,18-. The number of carboxylic acids is 1. The number of carbonyl (C=O) groups is 1. The van der Waals surface area contributed by atoms with Gasteiger partial charge in [0.2, 0.25) is 0 Å². The Kier molecular flexibility index (Phi) is 6.37. The molecule has 2 fully saturated rings. The highest BCUT2D eigenvalue weighted by atomic mass is 35.5. The van der Waals surface area contributed by atoms with Crippen molar-refractivity contribution in [2.75, 3.05) is 31.2 Å². The molecule has 2 aromatic heterocycles. The number of ether oxygens (including phenoxy) is 2. The van der Waals surface area contributed by atoms with Gasteiger partial charge < -0.3 is 24.5 Å². The Balaban J connectivity index is 1.29. The number of hydrogen-bond donors (Lipinski definition) is 2. The Morgan fingerprint density at radius 3 is 2.58 bits per heavy atom. The van der Waals surface area contributed by atoms with E-state index in [1.807, 2.05) is 18.2 Å². The first-order chi connectivity index (χ1) is 16.0. The van der Waals surface area contributed by atoms with Gasteiger partial charge in [-0.2, -0.15) is 4.98 Å². The summed E-state index contributed by atoms with van der Waals surface area (Å²) >= 11 is 6.56. The van der Waals surface area contributed by atoms with Gasteiger partial charge in [-0.05, 0) is 49.8 Å². The lowest BCUT2D eigenvalue weighted by Gasteiger charge is -2.28. The second-order valence-corrected chi connectivity index (χ2v) is 9.14. The SMILES string of the molecule is O=C(O)C[C@H]1CC[C@H](Oc2nc3nc(-c4ccc(N5CCOCC5)cc4)c(Cl)cc3[nH]2)CC1. The highest BCUT2D eigenvalue weighted by Gasteiger charge is 2.25. The molecule has 3 heterocycles. The minimum Gasteiger partial charge on any atom is -0.481 e. The molecule has 8 nitrogen and oxygen atoms in total. The number of aromatic amines is 1. The van der Waals surface area contributed by atoms with Crippen LogP contribution in [-0.2, 0) is 9.53 Å². The lowest BCUT2D eigenvalue weighted by Crippen LogP contribution is -2.36. The minimum absolute atomic E-state index is 0.0262. The summed E-state index contributed by atoms with van der Waals surface area (Å²) in [6.45, 7) is 3.28. The molecule has 1 aliphatic heterocycles. The van der Waals surface area contributed by atoms with E-state index in [9.17, 15) is 4.79 Å². The highest BCUT2D eigenvalue weighted by molar-refractivity contribution is 6.33. The number of anilines is 1. The number of fused-ring (bicyclic) bond motifs is 1. The number of rotatable bonds is 6. The van der Waals surface area contributed by atoms with E-state index in [0.29, 0.717) is 22.4 Å². The smallest absolute Gasteiger partial charge is 0.303 e. The molecule has 2 aliphatic rings. The van der Waals surface area contributed by atoms with Crippen LogP contribution in [-0.4, -0.2) is 58.4 Å². The molecule has 1 aliphatic carbocycles. The number of morpholine rings is 1. The average molecular weight is 471 g/mol. The van der Waals surface area contributed by atoms with Crippen molar-refractivity contribution in [2.24, 2.45) is 5.92 Å². The van der Waals surface area contributed by atoms with Crippen molar-refractivity contribution in [1.82, 2.24) is 15.0 Å². The predicted octanol–water partition coefficient (Wildman–Crippen LogP) is 4.53. The van der Waals surface area contributed by atoms with E-state index in [2.05, 4.69) is 27.0 Å². The maximum atomic E-state index is 10.9. The number of aliphatic carboxylic acids is 1. The second-order valence-electron chi connectivity index (χ2n) is 8.74. The largest absolute Gasteiger partial charge is 0.481 e. The fourth-order valence-electron chi connectivity index (χ4n) is 4.66. The second kappa shape index (κ2) is 9.57. The number of hydrogen-bond acceptors (Lipinski definition) is 6. The summed E-state index contributed by atoms with van der Waals surface area (Å²) in [6.07, 6.45) is 3.61. The molecule has 0 unspecified atom stereocenters. The summed E-state index contributed by atoms with van der Waals surface area (Å²) in [7, 11) is 0. The van der Waals surface area contributed by atoms with Gasteiger partial charge in [0.1, 0.15) is 6.10 Å². The van der Waals surface area contributed by atoms with E-state index < -0.39 is 5.97 Å². The molecule has 1 aromatic carbocycles. The van der Waals surface area contributed by atoms with Gasteiger partial charge in [0, 0.05) is 30.8 Å². The van der Waals surface area contributed by atoms with Gasteiger partial charge >= 0.3 is 5.97 Å². The fraction of sp³-hybridized carbons (Fsp3) is 0.458. The molecule has 0 spiro atoms. The first-order valence-corrected chi connectivity index (χ1v) is 11.8. The zero-order valence-electron chi connectivity index (χ0n) is 18.3. The third-order valence-electron chi connectivity index (χ3n) is 6.46. The van der Waals surface area contributed by atoms with E-state index in [1.165, 1.54) is 0 Å². The predicted molar refractivity (Wildman–Crippen MR) is 126 cm³/mol. The van der Waals surface area contributed by atoms with Crippen molar-refractivity contribution in [2.45, 2.75) is 38.2 Å². The number of nitrogens with zero attached hydrogens (tertiary/aromatic N) is 3. The highest BCUT2D eigenvalue weighted by Crippen LogP contribution is 2.32. The molecule has 9 heteroatoms. The van der Waals surface area contributed by atoms with Crippen molar-refractivity contribution in [3.8, 4) is 17.3 Å². The number of aromatic nitrogens is 3. The van der Waals surface area contributed by atoms with Crippen LogP contribution in [0, 0.1) is 5.92 Å². The van der Waals surface area contributed by atoms with Crippen molar-refractivity contribution < 1.29 is 19.4 Å². The topological polar surface area (TPSA) is 101 Å². The van der Waals surface area contributed by atoms with E-state index in [-0.39, 0.29) is 18.4 Å². The monoisotopic (exact) mass is 470 g/mol. The first kappa shape index (κ1) is 22.0.